The van der Waals surface area contributed by atoms with E-state index in [1.807, 2.05) is 0 Å². The van der Waals surface area contributed by atoms with Crippen molar-refractivity contribution >= 4 is 29.3 Å². The van der Waals surface area contributed by atoms with Gasteiger partial charge in [-0.25, -0.2) is 9.59 Å². The van der Waals surface area contributed by atoms with E-state index in [1.165, 1.54) is 54.7 Å². The summed E-state index contributed by atoms with van der Waals surface area (Å²) in [7, 11) is 0. The number of aromatic nitrogens is 1. The van der Waals surface area contributed by atoms with Gasteiger partial charge in [0.05, 0.1) is 22.0 Å². The molecule has 4 rings (SSSR count). The van der Waals surface area contributed by atoms with Crippen LogP contribution in [0.4, 0.5) is 28.0 Å². The molecule has 1 atom stereocenters. The van der Waals surface area contributed by atoms with Gasteiger partial charge in [0.1, 0.15) is 11.3 Å². The molecule has 0 spiro atoms. The predicted octanol–water partition coefficient (Wildman–Crippen LogP) is 6.98. The highest BCUT2D eigenvalue weighted by Gasteiger charge is 2.44. The van der Waals surface area contributed by atoms with Gasteiger partial charge in [0.25, 0.3) is 0 Å². The number of alkyl halides is 4. The zero-order valence-corrected chi connectivity index (χ0v) is 21.8. The van der Waals surface area contributed by atoms with Gasteiger partial charge in [0.2, 0.25) is 0 Å². The van der Waals surface area contributed by atoms with Crippen molar-refractivity contribution < 1.29 is 37.0 Å². The summed E-state index contributed by atoms with van der Waals surface area (Å²) in [5.74, 6) is -1.86. The van der Waals surface area contributed by atoms with Gasteiger partial charge in [0.15, 0.2) is 0 Å². The summed E-state index contributed by atoms with van der Waals surface area (Å²) in [6.45, 7) is 0. The van der Waals surface area contributed by atoms with Gasteiger partial charge in [-0.3, -0.25) is 4.98 Å². The number of hydrogen-bond acceptors (Lipinski definition) is 4. The van der Waals surface area contributed by atoms with Crippen LogP contribution in [-0.4, -0.2) is 34.6 Å². The van der Waals surface area contributed by atoms with E-state index in [9.17, 15) is 32.3 Å². The number of nitrogens with one attached hydrogen (secondary N) is 2. The third-order valence-electron chi connectivity index (χ3n) is 6.04. The molecule has 0 unspecified atom stereocenters. The van der Waals surface area contributed by atoms with Crippen LogP contribution in [0.15, 0.2) is 97.2 Å². The minimum absolute atomic E-state index is 0.00512. The van der Waals surface area contributed by atoms with Crippen LogP contribution in [0.1, 0.15) is 27.2 Å². The number of pyridine rings is 1. The van der Waals surface area contributed by atoms with E-state index in [1.54, 1.807) is 30.3 Å². The molecule has 2 amide bonds. The molecule has 0 aliphatic carbocycles. The Kier molecular flexibility index (Phi) is 8.77. The number of ether oxygens (including phenoxy) is 1. The molecule has 0 aliphatic heterocycles. The number of urea groups is 1. The first kappa shape index (κ1) is 29.3. The summed E-state index contributed by atoms with van der Waals surface area (Å²) in [6, 6.07) is 21.6. The second-order valence-corrected chi connectivity index (χ2v) is 9.29. The smallest absolute Gasteiger partial charge is 0.461 e. The van der Waals surface area contributed by atoms with Crippen LogP contribution in [0.3, 0.4) is 0 Å². The van der Waals surface area contributed by atoms with Gasteiger partial charge < -0.3 is 20.5 Å². The molecule has 0 saturated heterocycles. The fraction of sp³-hybridized carbons (Fsp3) is 0.138. The number of aromatic carboxylic acids is 1. The lowest BCUT2D eigenvalue weighted by Crippen LogP contribution is -2.50. The summed E-state index contributed by atoms with van der Waals surface area (Å²) in [4.78, 5) is 29.6. The maximum absolute atomic E-state index is 13.8. The summed E-state index contributed by atoms with van der Waals surface area (Å²) in [5, 5.41) is 15.1. The second kappa shape index (κ2) is 12.3. The van der Waals surface area contributed by atoms with Crippen molar-refractivity contribution in [2.24, 2.45) is 0 Å². The lowest BCUT2D eigenvalue weighted by molar-refractivity contribution is -0.253. The maximum atomic E-state index is 13.8. The van der Waals surface area contributed by atoms with E-state index < -0.39 is 35.8 Å². The Balaban J connectivity index is 1.86. The summed E-state index contributed by atoms with van der Waals surface area (Å²) < 4.78 is 57.7. The van der Waals surface area contributed by atoms with E-state index in [-0.39, 0.29) is 34.0 Å². The van der Waals surface area contributed by atoms with Crippen molar-refractivity contribution in [3.05, 3.63) is 125 Å². The average molecular weight is 588 g/mol. The topological polar surface area (TPSA) is 101 Å². The molecule has 0 saturated carbocycles. The highest BCUT2D eigenvalue weighted by molar-refractivity contribution is 6.30. The van der Waals surface area contributed by atoms with Gasteiger partial charge in [-0.05, 0) is 47.5 Å². The van der Waals surface area contributed by atoms with Crippen LogP contribution in [0.25, 0.3) is 0 Å². The fourth-order valence-corrected chi connectivity index (χ4v) is 4.32. The lowest BCUT2D eigenvalue weighted by Gasteiger charge is -2.36. The maximum Gasteiger partial charge on any atom is 0.461 e. The molecule has 3 aromatic carbocycles. The van der Waals surface area contributed by atoms with Gasteiger partial charge in [-0.2, -0.15) is 17.6 Å². The van der Waals surface area contributed by atoms with Gasteiger partial charge in [-0.15, -0.1) is 0 Å². The number of amides is 2. The van der Waals surface area contributed by atoms with Gasteiger partial charge in [-0.1, -0.05) is 66.2 Å². The number of carboxylic acids is 1. The number of para-hydroxylation sites is 1. The predicted molar refractivity (Wildman–Crippen MR) is 144 cm³/mol. The van der Waals surface area contributed by atoms with Crippen molar-refractivity contribution in [2.75, 3.05) is 5.32 Å². The van der Waals surface area contributed by atoms with Gasteiger partial charge in [0, 0.05) is 12.6 Å². The van der Waals surface area contributed by atoms with Crippen LogP contribution in [0.2, 0.25) is 5.02 Å². The number of nitrogens with zero attached hydrogens (tertiary/aromatic N) is 1. The normalized spacial score (nSPS) is 12.8. The molecule has 212 valence electrons. The number of carbonyl (C=O) groups excluding carboxylic acids is 1. The van der Waals surface area contributed by atoms with Crippen molar-refractivity contribution in [1.29, 1.82) is 0 Å². The number of hydrogen-bond donors (Lipinski definition) is 3. The Labute approximate surface area is 236 Å². The number of anilines is 1. The summed E-state index contributed by atoms with van der Waals surface area (Å²) in [6.07, 6.45) is -7.53. The first-order valence-electron chi connectivity index (χ1n) is 12.0. The quantitative estimate of drug-likeness (QED) is 0.174. The Morgan fingerprint density at radius 3 is 2.32 bits per heavy atom. The number of halogens is 5. The lowest BCUT2D eigenvalue weighted by atomic mass is 9.80. The molecular formula is C29H22ClF4N3O4. The molecule has 0 radical (unpaired) electrons. The third kappa shape index (κ3) is 6.93. The molecule has 3 N–H and O–H groups in total. The minimum Gasteiger partial charge on any atom is -0.478 e. The molecule has 1 heterocycles. The van der Waals surface area contributed by atoms with E-state index in [0.29, 0.717) is 5.56 Å². The Bertz CT molecular complexity index is 1520. The second-order valence-electron chi connectivity index (χ2n) is 8.85. The van der Waals surface area contributed by atoms with E-state index in [0.717, 1.165) is 12.1 Å². The summed E-state index contributed by atoms with van der Waals surface area (Å²) >= 11 is 6.06. The molecule has 12 heteroatoms. The van der Waals surface area contributed by atoms with Crippen LogP contribution in [-0.2, 0) is 12.0 Å². The Hall–Kier alpha value is -4.64. The van der Waals surface area contributed by atoms with Gasteiger partial charge >= 0.3 is 24.5 Å². The summed E-state index contributed by atoms with van der Waals surface area (Å²) in [5.41, 5.74) is -0.757. The first-order chi connectivity index (χ1) is 19.5. The SMILES string of the molecule is O=C(Nc1ccccc1C(=O)O)N[C@@](Cc1ccccc1)(c1cccc(OC(F)(F)C(F)F)c1)c1ccc(Cl)cn1. The zero-order chi connectivity index (χ0) is 29.6. The standard InChI is InChI=1S/C29H22ClF4N3O4/c30-20-13-14-24(35-17-20)28(16-18-7-2-1-3-8-18,19-9-6-10-21(15-19)41-29(33,34)26(31)32)37-27(40)36-23-12-5-4-11-22(23)25(38)39/h1-15,17,26H,16H2,(H,38,39)(H2,36,37,40)/t28-/m0/s1. The molecule has 41 heavy (non-hydrogen) atoms. The molecular weight excluding hydrogens is 566 g/mol. The third-order valence-corrected chi connectivity index (χ3v) is 6.27. The largest absolute Gasteiger partial charge is 0.478 e. The van der Waals surface area contributed by atoms with Crippen LogP contribution >= 0.6 is 11.6 Å². The fourth-order valence-electron chi connectivity index (χ4n) is 4.20. The monoisotopic (exact) mass is 587 g/mol. The molecule has 7 nitrogen and oxygen atoms in total. The average Bonchev–Trinajstić information content (AvgIpc) is 2.93. The van der Waals surface area contributed by atoms with Crippen LogP contribution < -0.4 is 15.4 Å². The molecule has 0 aliphatic rings. The van der Waals surface area contributed by atoms with E-state index in [2.05, 4.69) is 20.4 Å². The number of carboxylic acid groups (broad SMARTS) is 1. The van der Waals surface area contributed by atoms with E-state index in [4.69, 9.17) is 11.6 Å². The highest BCUT2D eigenvalue weighted by Crippen LogP contribution is 2.36. The zero-order valence-electron chi connectivity index (χ0n) is 21.0. The first-order valence-corrected chi connectivity index (χ1v) is 12.4. The van der Waals surface area contributed by atoms with Crippen LogP contribution in [0, 0.1) is 0 Å². The molecule has 0 bridgehead atoms. The van der Waals surface area contributed by atoms with Crippen LogP contribution in [0.5, 0.6) is 5.75 Å². The number of benzene rings is 3. The molecule has 1 aromatic heterocycles. The highest BCUT2D eigenvalue weighted by atomic mass is 35.5. The van der Waals surface area contributed by atoms with Crippen molar-refractivity contribution in [3.8, 4) is 5.75 Å². The Morgan fingerprint density at radius 1 is 0.951 bits per heavy atom. The molecule has 0 fully saturated rings. The molecule has 4 aromatic rings. The van der Waals surface area contributed by atoms with E-state index >= 15 is 0 Å². The van der Waals surface area contributed by atoms with Crippen molar-refractivity contribution in [2.45, 2.75) is 24.5 Å². The number of carbonyl (C=O) groups is 2. The van der Waals surface area contributed by atoms with Crippen molar-refractivity contribution in [3.63, 3.8) is 0 Å². The Morgan fingerprint density at radius 2 is 1.66 bits per heavy atom. The number of rotatable bonds is 10. The van der Waals surface area contributed by atoms with Crippen molar-refractivity contribution in [1.82, 2.24) is 10.3 Å². The minimum atomic E-state index is -4.77.